The summed E-state index contributed by atoms with van der Waals surface area (Å²) in [6.07, 6.45) is 0.843. The molecule has 0 fully saturated rings. The first-order valence-electron chi connectivity index (χ1n) is 7.44. The monoisotopic (exact) mass is 306 g/mol. The maximum atomic E-state index is 12.0. The number of aryl methyl sites for hydroxylation is 1. The highest BCUT2D eigenvalue weighted by atomic mass is 16.7. The van der Waals surface area contributed by atoms with Crippen molar-refractivity contribution >= 4 is 11.8 Å². The number of ether oxygens (including phenoxy) is 2. The summed E-state index contributed by atoms with van der Waals surface area (Å²) >= 11 is 0. The maximum absolute atomic E-state index is 12.0. The van der Waals surface area contributed by atoms with Crippen molar-refractivity contribution < 1.29 is 19.1 Å². The summed E-state index contributed by atoms with van der Waals surface area (Å²) in [6, 6.07) is 5.12. The van der Waals surface area contributed by atoms with Gasteiger partial charge >= 0.3 is 0 Å². The molecule has 120 valence electrons. The molecule has 22 heavy (non-hydrogen) atoms. The number of amides is 2. The zero-order valence-electron chi connectivity index (χ0n) is 13.2. The van der Waals surface area contributed by atoms with Crippen molar-refractivity contribution in [2.45, 2.75) is 32.7 Å². The molecule has 2 rings (SSSR count). The van der Waals surface area contributed by atoms with Gasteiger partial charge in [-0.1, -0.05) is 12.1 Å². The summed E-state index contributed by atoms with van der Waals surface area (Å²) in [6.45, 7) is 4.42. The maximum Gasteiger partial charge on any atom is 0.244 e. The van der Waals surface area contributed by atoms with Crippen molar-refractivity contribution in [1.82, 2.24) is 10.2 Å². The fourth-order valence-corrected chi connectivity index (χ4v) is 2.30. The molecule has 1 aliphatic rings. The Morgan fingerprint density at radius 3 is 2.86 bits per heavy atom. The molecule has 0 aromatic heterocycles. The summed E-state index contributed by atoms with van der Waals surface area (Å²) in [5.41, 5.74) is 0.940. The second-order valence-corrected chi connectivity index (χ2v) is 5.29. The standard InChI is InChI=1S/C16H22N2O4/c1-4-18(3)16(20)11(2)17-14(19)9-8-12-6-5-7-13-15(12)22-10-21-13/h5-7,11H,4,8-10H2,1-3H3,(H,17,19)/t11-/m1/s1. The van der Waals surface area contributed by atoms with Crippen LogP contribution in [0.5, 0.6) is 11.5 Å². The molecule has 6 nitrogen and oxygen atoms in total. The average molecular weight is 306 g/mol. The molecule has 1 N–H and O–H groups in total. The van der Waals surface area contributed by atoms with Gasteiger partial charge in [0, 0.05) is 20.0 Å². The highest BCUT2D eigenvalue weighted by Crippen LogP contribution is 2.35. The summed E-state index contributed by atoms with van der Waals surface area (Å²) < 4.78 is 10.7. The molecular weight excluding hydrogens is 284 g/mol. The topological polar surface area (TPSA) is 67.9 Å². The lowest BCUT2D eigenvalue weighted by Crippen LogP contribution is -2.45. The number of hydrogen-bond donors (Lipinski definition) is 1. The molecular formula is C16H22N2O4. The van der Waals surface area contributed by atoms with Crippen molar-refractivity contribution in [2.24, 2.45) is 0 Å². The Balaban J connectivity index is 1.86. The van der Waals surface area contributed by atoms with E-state index in [2.05, 4.69) is 5.32 Å². The van der Waals surface area contributed by atoms with Gasteiger partial charge in [0.2, 0.25) is 18.6 Å². The van der Waals surface area contributed by atoms with Gasteiger partial charge in [0.1, 0.15) is 6.04 Å². The molecule has 1 aromatic rings. The van der Waals surface area contributed by atoms with Crippen LogP contribution < -0.4 is 14.8 Å². The van der Waals surface area contributed by atoms with Crippen LogP contribution in [0.25, 0.3) is 0 Å². The van der Waals surface area contributed by atoms with E-state index in [-0.39, 0.29) is 18.6 Å². The minimum atomic E-state index is -0.515. The Bertz CT molecular complexity index is 559. The van der Waals surface area contributed by atoms with E-state index in [4.69, 9.17) is 9.47 Å². The number of fused-ring (bicyclic) bond motifs is 1. The third-order valence-corrected chi connectivity index (χ3v) is 3.70. The first-order chi connectivity index (χ1) is 10.5. The molecule has 2 amide bonds. The molecule has 6 heteroatoms. The molecule has 1 aliphatic heterocycles. The number of likely N-dealkylation sites (N-methyl/N-ethyl adjacent to an activating group) is 1. The predicted octanol–water partition coefficient (Wildman–Crippen LogP) is 1.33. The van der Waals surface area contributed by atoms with Gasteiger partial charge in [-0.05, 0) is 31.9 Å². The molecule has 1 aromatic carbocycles. The average Bonchev–Trinajstić information content (AvgIpc) is 3.00. The van der Waals surface area contributed by atoms with Gasteiger partial charge in [0.25, 0.3) is 0 Å². The fraction of sp³-hybridized carbons (Fsp3) is 0.500. The van der Waals surface area contributed by atoms with Gasteiger partial charge in [-0.25, -0.2) is 0 Å². The van der Waals surface area contributed by atoms with Crippen LogP contribution in [0.2, 0.25) is 0 Å². The Morgan fingerprint density at radius 1 is 1.36 bits per heavy atom. The van der Waals surface area contributed by atoms with Crippen LogP contribution in [0.1, 0.15) is 25.8 Å². The molecule has 0 bridgehead atoms. The van der Waals surface area contributed by atoms with E-state index < -0.39 is 6.04 Å². The summed E-state index contributed by atoms with van der Waals surface area (Å²) in [5, 5.41) is 2.73. The first-order valence-corrected chi connectivity index (χ1v) is 7.44. The quantitative estimate of drug-likeness (QED) is 0.861. The summed E-state index contributed by atoms with van der Waals surface area (Å²) in [5.74, 6) is 1.19. The van der Waals surface area contributed by atoms with Crippen molar-refractivity contribution in [3.05, 3.63) is 23.8 Å². The SMILES string of the molecule is CCN(C)C(=O)[C@@H](C)NC(=O)CCc1cccc2c1OCO2. The lowest BCUT2D eigenvalue weighted by atomic mass is 10.1. The predicted molar refractivity (Wildman–Crippen MR) is 81.8 cm³/mol. The molecule has 0 aliphatic carbocycles. The Hall–Kier alpha value is -2.24. The number of para-hydroxylation sites is 1. The third-order valence-electron chi connectivity index (χ3n) is 3.70. The number of nitrogens with zero attached hydrogens (tertiary/aromatic N) is 1. The smallest absolute Gasteiger partial charge is 0.244 e. The van der Waals surface area contributed by atoms with Crippen molar-refractivity contribution in [3.8, 4) is 11.5 Å². The number of hydrogen-bond acceptors (Lipinski definition) is 4. The van der Waals surface area contributed by atoms with Gasteiger partial charge < -0.3 is 19.7 Å². The second-order valence-electron chi connectivity index (χ2n) is 5.29. The van der Waals surface area contributed by atoms with Gasteiger partial charge in [-0.3, -0.25) is 9.59 Å². The normalized spacial score (nSPS) is 13.6. The molecule has 0 unspecified atom stereocenters. The Morgan fingerprint density at radius 2 is 2.14 bits per heavy atom. The highest BCUT2D eigenvalue weighted by molar-refractivity contribution is 5.87. The molecule has 1 atom stereocenters. The van der Waals surface area contributed by atoms with Crippen LogP contribution in [-0.4, -0.2) is 43.1 Å². The molecule has 0 saturated carbocycles. The van der Waals surface area contributed by atoms with Crippen molar-refractivity contribution in [2.75, 3.05) is 20.4 Å². The van der Waals surface area contributed by atoms with Crippen molar-refractivity contribution in [1.29, 1.82) is 0 Å². The van der Waals surface area contributed by atoms with Gasteiger partial charge in [0.05, 0.1) is 0 Å². The van der Waals surface area contributed by atoms with Crippen LogP contribution in [0.3, 0.4) is 0 Å². The lowest BCUT2D eigenvalue weighted by molar-refractivity contribution is -0.134. The number of rotatable bonds is 6. The van der Waals surface area contributed by atoms with Gasteiger partial charge in [0.15, 0.2) is 11.5 Å². The number of carbonyl (C=O) groups excluding carboxylic acids is 2. The van der Waals surface area contributed by atoms with E-state index >= 15 is 0 Å². The summed E-state index contributed by atoms with van der Waals surface area (Å²) in [7, 11) is 1.72. The minimum absolute atomic E-state index is 0.0896. The van der Waals surface area contributed by atoms with Crippen LogP contribution >= 0.6 is 0 Å². The van der Waals surface area contributed by atoms with Crippen LogP contribution in [0.4, 0.5) is 0 Å². The van der Waals surface area contributed by atoms with Crippen LogP contribution in [-0.2, 0) is 16.0 Å². The number of carbonyl (C=O) groups is 2. The highest BCUT2D eigenvalue weighted by Gasteiger charge is 2.20. The fourth-order valence-electron chi connectivity index (χ4n) is 2.30. The summed E-state index contributed by atoms with van der Waals surface area (Å²) in [4.78, 5) is 25.5. The van der Waals surface area contributed by atoms with Crippen LogP contribution in [0.15, 0.2) is 18.2 Å². The molecule has 0 radical (unpaired) electrons. The van der Waals surface area contributed by atoms with E-state index in [9.17, 15) is 9.59 Å². The molecule has 1 heterocycles. The molecule has 0 saturated heterocycles. The second kappa shape index (κ2) is 7.15. The van der Waals surface area contributed by atoms with Crippen molar-refractivity contribution in [3.63, 3.8) is 0 Å². The third kappa shape index (κ3) is 3.69. The van der Waals surface area contributed by atoms with E-state index in [0.29, 0.717) is 30.9 Å². The first kappa shape index (κ1) is 16.1. The number of benzene rings is 1. The van der Waals surface area contributed by atoms with Crippen LogP contribution in [0, 0.1) is 0 Å². The van der Waals surface area contributed by atoms with E-state index in [1.165, 1.54) is 0 Å². The Labute approximate surface area is 130 Å². The van der Waals surface area contributed by atoms with E-state index in [1.54, 1.807) is 18.9 Å². The largest absolute Gasteiger partial charge is 0.454 e. The number of nitrogens with one attached hydrogen (secondary N) is 1. The Kier molecular flexibility index (Phi) is 5.25. The van der Waals surface area contributed by atoms with Gasteiger partial charge in [-0.2, -0.15) is 0 Å². The zero-order valence-corrected chi connectivity index (χ0v) is 13.2. The van der Waals surface area contributed by atoms with Gasteiger partial charge in [-0.15, -0.1) is 0 Å². The minimum Gasteiger partial charge on any atom is -0.454 e. The zero-order chi connectivity index (χ0) is 16.1. The molecule has 0 spiro atoms. The lowest BCUT2D eigenvalue weighted by Gasteiger charge is -2.20. The van der Waals surface area contributed by atoms with E-state index in [0.717, 1.165) is 5.56 Å². The van der Waals surface area contributed by atoms with E-state index in [1.807, 2.05) is 25.1 Å².